The van der Waals surface area contributed by atoms with E-state index in [2.05, 4.69) is 21.7 Å². The van der Waals surface area contributed by atoms with Crippen LogP contribution >= 0.6 is 0 Å². The quantitative estimate of drug-likeness (QED) is 0.615. The van der Waals surface area contributed by atoms with E-state index in [1.165, 1.54) is 18.4 Å². The summed E-state index contributed by atoms with van der Waals surface area (Å²) in [5, 5.41) is 0. The maximum atomic E-state index is 14.7. The van der Waals surface area contributed by atoms with Crippen molar-refractivity contribution in [1.29, 1.82) is 0 Å². The number of ether oxygens (including phenoxy) is 1. The van der Waals surface area contributed by atoms with Crippen LogP contribution in [0.3, 0.4) is 0 Å². The number of hydrogen-bond acceptors (Lipinski definition) is 2. The van der Waals surface area contributed by atoms with Gasteiger partial charge in [-0.3, -0.25) is 0 Å². The summed E-state index contributed by atoms with van der Waals surface area (Å²) in [5.74, 6) is 2.32. The van der Waals surface area contributed by atoms with Crippen LogP contribution in [0.2, 0.25) is 0 Å². The average molecular weight is 362 g/mol. The van der Waals surface area contributed by atoms with E-state index in [9.17, 15) is 4.39 Å². The van der Waals surface area contributed by atoms with Crippen molar-refractivity contribution in [2.45, 2.75) is 44.6 Å². The summed E-state index contributed by atoms with van der Waals surface area (Å²) in [4.78, 5) is 4.39. The maximum absolute atomic E-state index is 14.7. The van der Waals surface area contributed by atoms with Crippen molar-refractivity contribution in [2.24, 2.45) is 7.05 Å². The van der Waals surface area contributed by atoms with Gasteiger partial charge in [-0.25, -0.2) is 9.37 Å². The Hall–Kier alpha value is -2.62. The van der Waals surface area contributed by atoms with Crippen molar-refractivity contribution in [3.63, 3.8) is 0 Å². The second-order valence-electron chi connectivity index (χ2n) is 7.73. The molecule has 1 heterocycles. The van der Waals surface area contributed by atoms with E-state index in [0.29, 0.717) is 5.56 Å². The number of benzene rings is 2. The van der Waals surface area contributed by atoms with E-state index in [0.717, 1.165) is 47.2 Å². The Morgan fingerprint density at radius 3 is 2.52 bits per heavy atom. The molecule has 0 aliphatic heterocycles. The third-order valence-electron chi connectivity index (χ3n) is 5.99. The summed E-state index contributed by atoms with van der Waals surface area (Å²) in [6, 6.07) is 11.8. The minimum absolute atomic E-state index is 0.176. The maximum Gasteiger partial charge on any atom is 0.130 e. The van der Waals surface area contributed by atoms with Gasteiger partial charge in [-0.05, 0) is 73.9 Å². The number of imidazole rings is 1. The van der Waals surface area contributed by atoms with Crippen LogP contribution in [-0.2, 0) is 13.5 Å². The highest BCUT2D eigenvalue weighted by Gasteiger charge is 2.31. The number of aryl methyl sites for hydroxylation is 1. The predicted molar refractivity (Wildman–Crippen MR) is 103 cm³/mol. The first-order valence-corrected chi connectivity index (χ1v) is 9.68. The molecule has 5 rings (SSSR count). The highest BCUT2D eigenvalue weighted by molar-refractivity contribution is 5.67. The van der Waals surface area contributed by atoms with E-state index >= 15 is 0 Å². The van der Waals surface area contributed by atoms with Crippen molar-refractivity contribution in [3.05, 3.63) is 70.9 Å². The lowest BCUT2D eigenvalue weighted by Crippen LogP contribution is -2.06. The van der Waals surface area contributed by atoms with E-state index < -0.39 is 0 Å². The molecule has 0 radical (unpaired) electrons. The fraction of sp³-hybridized carbons (Fsp3) is 0.348. The van der Waals surface area contributed by atoms with E-state index in [4.69, 9.17) is 4.74 Å². The topological polar surface area (TPSA) is 27.1 Å². The standard InChI is InChI=1S/C23H23FN2O/c1-14-25-13-21(26(14)2)18-9-11-20(24)23-19(18)10-12-22(23)27-17-7-5-16(6-8-17)15-3-4-15/h5-9,11,13,15,22H,3-4,10,12H2,1-2H3. The molecule has 2 aromatic carbocycles. The summed E-state index contributed by atoms with van der Waals surface area (Å²) in [7, 11) is 2.00. The number of rotatable bonds is 4. The van der Waals surface area contributed by atoms with Crippen LogP contribution in [0.15, 0.2) is 42.6 Å². The first-order chi connectivity index (χ1) is 13.1. The van der Waals surface area contributed by atoms with Gasteiger partial charge in [0, 0.05) is 18.2 Å². The van der Waals surface area contributed by atoms with Crippen LogP contribution in [0.1, 0.15) is 53.8 Å². The van der Waals surface area contributed by atoms with Crippen LogP contribution < -0.4 is 4.74 Å². The lowest BCUT2D eigenvalue weighted by Gasteiger charge is -2.17. The molecule has 3 aromatic rings. The molecule has 3 nitrogen and oxygen atoms in total. The largest absolute Gasteiger partial charge is 0.486 e. The Balaban J connectivity index is 1.47. The molecule has 0 bridgehead atoms. The lowest BCUT2D eigenvalue weighted by atomic mass is 10.00. The van der Waals surface area contributed by atoms with Gasteiger partial charge in [0.25, 0.3) is 0 Å². The molecular formula is C23H23FN2O. The summed E-state index contributed by atoms with van der Waals surface area (Å²) >= 11 is 0. The van der Waals surface area contributed by atoms with Crippen LogP contribution in [0.4, 0.5) is 4.39 Å². The number of nitrogens with zero attached hydrogens (tertiary/aromatic N) is 2. The second kappa shape index (κ2) is 6.22. The molecule has 1 saturated carbocycles. The predicted octanol–water partition coefficient (Wildman–Crippen LogP) is 5.48. The highest BCUT2D eigenvalue weighted by Crippen LogP contribution is 2.43. The molecule has 0 N–H and O–H groups in total. The lowest BCUT2D eigenvalue weighted by molar-refractivity contribution is 0.203. The van der Waals surface area contributed by atoms with Gasteiger partial charge in [-0.1, -0.05) is 12.1 Å². The number of fused-ring (bicyclic) bond motifs is 1. The molecule has 2 aliphatic carbocycles. The second-order valence-corrected chi connectivity index (χ2v) is 7.73. The van der Waals surface area contributed by atoms with E-state index in [-0.39, 0.29) is 11.9 Å². The minimum atomic E-state index is -0.235. The van der Waals surface area contributed by atoms with Crippen LogP contribution in [0.5, 0.6) is 5.75 Å². The molecular weight excluding hydrogens is 339 g/mol. The molecule has 0 saturated heterocycles. The van der Waals surface area contributed by atoms with Crippen molar-refractivity contribution in [1.82, 2.24) is 9.55 Å². The first kappa shape index (κ1) is 16.5. The summed E-state index contributed by atoms with van der Waals surface area (Å²) < 4.78 is 23.0. The zero-order valence-electron chi connectivity index (χ0n) is 15.7. The van der Waals surface area contributed by atoms with Gasteiger partial charge in [0.2, 0.25) is 0 Å². The smallest absolute Gasteiger partial charge is 0.130 e. The normalized spacial score (nSPS) is 18.6. The summed E-state index contributed by atoms with van der Waals surface area (Å²) in [6.07, 6.45) is 5.83. The van der Waals surface area contributed by atoms with Gasteiger partial charge < -0.3 is 9.30 Å². The van der Waals surface area contributed by atoms with Gasteiger partial charge >= 0.3 is 0 Å². The van der Waals surface area contributed by atoms with Gasteiger partial charge in [-0.2, -0.15) is 0 Å². The summed E-state index contributed by atoms with van der Waals surface area (Å²) in [6.45, 7) is 1.98. The molecule has 1 atom stereocenters. The third-order valence-corrected chi connectivity index (χ3v) is 5.99. The Labute approximate surface area is 158 Å². The Morgan fingerprint density at radius 2 is 1.85 bits per heavy atom. The average Bonchev–Trinajstić information content (AvgIpc) is 3.36. The molecule has 2 aliphatic rings. The Kier molecular flexibility index (Phi) is 3.81. The number of aromatic nitrogens is 2. The monoisotopic (exact) mass is 362 g/mol. The van der Waals surface area contributed by atoms with Crippen molar-refractivity contribution >= 4 is 0 Å². The van der Waals surface area contributed by atoms with Gasteiger partial charge in [0.05, 0.1) is 11.9 Å². The minimum Gasteiger partial charge on any atom is -0.486 e. The van der Waals surface area contributed by atoms with E-state index in [1.807, 2.05) is 38.4 Å². The fourth-order valence-electron chi connectivity index (χ4n) is 4.18. The third kappa shape index (κ3) is 2.84. The van der Waals surface area contributed by atoms with Crippen molar-refractivity contribution in [3.8, 4) is 17.0 Å². The molecule has 1 aromatic heterocycles. The van der Waals surface area contributed by atoms with Crippen LogP contribution in [0.25, 0.3) is 11.3 Å². The Bertz CT molecular complexity index is 1000. The molecule has 1 unspecified atom stereocenters. The fourth-order valence-corrected chi connectivity index (χ4v) is 4.18. The zero-order valence-corrected chi connectivity index (χ0v) is 15.7. The van der Waals surface area contributed by atoms with Crippen molar-refractivity contribution in [2.75, 3.05) is 0 Å². The van der Waals surface area contributed by atoms with Gasteiger partial charge in [0.1, 0.15) is 23.5 Å². The zero-order chi connectivity index (χ0) is 18.5. The van der Waals surface area contributed by atoms with Crippen LogP contribution in [-0.4, -0.2) is 9.55 Å². The molecule has 1 fully saturated rings. The number of hydrogen-bond donors (Lipinski definition) is 0. The van der Waals surface area contributed by atoms with Gasteiger partial charge in [0.15, 0.2) is 0 Å². The molecule has 0 spiro atoms. The molecule has 4 heteroatoms. The summed E-state index contributed by atoms with van der Waals surface area (Å²) in [5.41, 5.74) is 5.23. The number of halogens is 1. The molecule has 27 heavy (non-hydrogen) atoms. The SMILES string of the molecule is Cc1ncc(-c2ccc(F)c3c2CCC3Oc2ccc(C3CC3)cc2)n1C. The van der Waals surface area contributed by atoms with Crippen LogP contribution in [0, 0.1) is 12.7 Å². The van der Waals surface area contributed by atoms with E-state index in [1.54, 1.807) is 6.07 Å². The van der Waals surface area contributed by atoms with Gasteiger partial charge in [-0.15, -0.1) is 0 Å². The first-order valence-electron chi connectivity index (χ1n) is 9.68. The molecule has 0 amide bonds. The highest BCUT2D eigenvalue weighted by atomic mass is 19.1. The molecule has 138 valence electrons. The van der Waals surface area contributed by atoms with Crippen molar-refractivity contribution < 1.29 is 9.13 Å². The Morgan fingerprint density at radius 1 is 1.07 bits per heavy atom.